The summed E-state index contributed by atoms with van der Waals surface area (Å²) in [6.45, 7) is 4.75. The molecule has 0 bridgehead atoms. The predicted octanol–water partition coefficient (Wildman–Crippen LogP) is 6.72. The number of hydrogen-bond acceptors (Lipinski definition) is 0. The maximum atomic E-state index is 2.47. The first-order valence-corrected chi connectivity index (χ1v) is 9.43. The van der Waals surface area contributed by atoms with Crippen LogP contribution in [0, 0.1) is 0 Å². The Morgan fingerprint density at radius 1 is 0.654 bits per heavy atom. The molecular weight excluding hydrogens is 312 g/mol. The molecule has 0 saturated carbocycles. The molecule has 2 aliphatic rings. The molecule has 0 amide bonds. The van der Waals surface area contributed by atoms with E-state index in [2.05, 4.69) is 86.6 Å². The maximum absolute atomic E-state index is 2.47. The largest absolute Gasteiger partial charge is 0.0619 e. The summed E-state index contributed by atoms with van der Waals surface area (Å²) >= 11 is 0. The van der Waals surface area contributed by atoms with E-state index in [0.29, 0.717) is 0 Å². The van der Waals surface area contributed by atoms with Crippen LogP contribution in [0.15, 0.2) is 72.8 Å². The number of benzene rings is 4. The summed E-state index contributed by atoms with van der Waals surface area (Å²) in [5.74, 6) is 0. The van der Waals surface area contributed by atoms with E-state index in [-0.39, 0.29) is 5.41 Å². The van der Waals surface area contributed by atoms with E-state index >= 15 is 0 Å². The molecule has 6 rings (SSSR count). The Balaban J connectivity index is 1.69. The van der Waals surface area contributed by atoms with Crippen molar-refractivity contribution in [3.8, 4) is 22.3 Å². The molecule has 0 radical (unpaired) electrons. The number of rotatable bonds is 0. The summed E-state index contributed by atoms with van der Waals surface area (Å²) in [6, 6.07) is 27.3. The van der Waals surface area contributed by atoms with Crippen LogP contribution in [0.5, 0.6) is 0 Å². The zero-order chi connectivity index (χ0) is 17.5. The van der Waals surface area contributed by atoms with Crippen LogP contribution in [0.4, 0.5) is 0 Å². The fourth-order valence-corrected chi connectivity index (χ4v) is 5.25. The quantitative estimate of drug-likeness (QED) is 0.295. The van der Waals surface area contributed by atoms with Gasteiger partial charge in [0, 0.05) is 5.41 Å². The van der Waals surface area contributed by atoms with Gasteiger partial charge in [-0.15, -0.1) is 0 Å². The minimum absolute atomic E-state index is 0.0468. The van der Waals surface area contributed by atoms with Gasteiger partial charge >= 0.3 is 0 Å². The molecule has 0 nitrogen and oxygen atoms in total. The second kappa shape index (κ2) is 4.65. The lowest BCUT2D eigenvalue weighted by Gasteiger charge is -2.23. The van der Waals surface area contributed by atoms with E-state index in [1.807, 2.05) is 0 Å². The molecule has 0 heteroatoms. The van der Waals surface area contributed by atoms with E-state index in [0.717, 1.165) is 6.42 Å². The van der Waals surface area contributed by atoms with Gasteiger partial charge < -0.3 is 0 Å². The second-order valence-corrected chi connectivity index (χ2v) is 8.22. The molecule has 124 valence electrons. The monoisotopic (exact) mass is 332 g/mol. The molecule has 0 unspecified atom stereocenters. The maximum Gasteiger partial charge on any atom is 0.0165 e. The first-order chi connectivity index (χ1) is 12.6. The Labute approximate surface area is 154 Å². The summed E-state index contributed by atoms with van der Waals surface area (Å²) < 4.78 is 0. The molecule has 0 heterocycles. The van der Waals surface area contributed by atoms with Crippen LogP contribution in [0.2, 0.25) is 0 Å². The van der Waals surface area contributed by atoms with Crippen LogP contribution in [-0.4, -0.2) is 0 Å². The Hall–Kier alpha value is -2.86. The average Bonchev–Trinajstić information content (AvgIpc) is 3.13. The smallest absolute Gasteiger partial charge is 0.0165 e. The molecule has 4 aromatic rings. The van der Waals surface area contributed by atoms with Crippen molar-refractivity contribution in [1.29, 1.82) is 0 Å². The average molecular weight is 332 g/mol. The van der Waals surface area contributed by atoms with Gasteiger partial charge in [-0.25, -0.2) is 0 Å². The molecule has 26 heavy (non-hydrogen) atoms. The Morgan fingerprint density at radius 3 is 2.31 bits per heavy atom. The summed E-state index contributed by atoms with van der Waals surface area (Å²) in [6.07, 6.45) is 1.05. The highest BCUT2D eigenvalue weighted by atomic mass is 14.4. The van der Waals surface area contributed by atoms with Gasteiger partial charge in [0.1, 0.15) is 0 Å². The Morgan fingerprint density at radius 2 is 1.42 bits per heavy atom. The van der Waals surface area contributed by atoms with Gasteiger partial charge in [-0.2, -0.15) is 0 Å². The highest BCUT2D eigenvalue weighted by molar-refractivity contribution is 6.00. The first-order valence-electron chi connectivity index (χ1n) is 9.43. The number of hydrogen-bond donors (Lipinski definition) is 0. The highest BCUT2D eigenvalue weighted by Gasteiger charge is 2.36. The van der Waals surface area contributed by atoms with Gasteiger partial charge in [0.15, 0.2) is 0 Å². The second-order valence-electron chi connectivity index (χ2n) is 8.22. The normalized spacial score (nSPS) is 15.5. The van der Waals surface area contributed by atoms with Gasteiger partial charge in [-0.05, 0) is 73.8 Å². The minimum atomic E-state index is 0.0468. The lowest BCUT2D eigenvalue weighted by molar-refractivity contribution is 0.666. The first kappa shape index (κ1) is 14.3. The molecule has 0 aromatic heterocycles. The molecule has 4 aromatic carbocycles. The summed E-state index contributed by atoms with van der Waals surface area (Å²) in [4.78, 5) is 0. The molecule has 0 aliphatic heterocycles. The SMILES string of the molecule is CC1(C)c2ccccc2-c2ccc3cc4c(cc3c21)Cc1ccccc1-4. The standard InChI is InChI=1S/C26H20/c1-26(2)24-10-6-5-9-20(24)21-12-11-17-14-22-18(15-23(17)25(21)26)13-16-7-3-4-8-19(16)22/h3-12,14-15H,13H2,1-2H3. The topological polar surface area (TPSA) is 0 Å². The zero-order valence-electron chi connectivity index (χ0n) is 15.1. The van der Waals surface area contributed by atoms with Crippen LogP contribution in [0.25, 0.3) is 33.0 Å². The van der Waals surface area contributed by atoms with Crippen LogP contribution in [-0.2, 0) is 11.8 Å². The fraction of sp³-hybridized carbons (Fsp3) is 0.154. The predicted molar refractivity (Wildman–Crippen MR) is 110 cm³/mol. The molecular formula is C26H20. The van der Waals surface area contributed by atoms with E-state index in [4.69, 9.17) is 0 Å². The van der Waals surface area contributed by atoms with Crippen LogP contribution >= 0.6 is 0 Å². The van der Waals surface area contributed by atoms with Gasteiger partial charge in [0.05, 0.1) is 0 Å². The van der Waals surface area contributed by atoms with Crippen molar-refractivity contribution in [3.63, 3.8) is 0 Å². The van der Waals surface area contributed by atoms with Crippen molar-refractivity contribution >= 4 is 10.8 Å². The van der Waals surface area contributed by atoms with Crippen molar-refractivity contribution in [2.24, 2.45) is 0 Å². The molecule has 0 atom stereocenters. The zero-order valence-corrected chi connectivity index (χ0v) is 15.1. The van der Waals surface area contributed by atoms with Crippen LogP contribution in [0.1, 0.15) is 36.1 Å². The van der Waals surface area contributed by atoms with Crippen molar-refractivity contribution in [3.05, 3.63) is 95.1 Å². The van der Waals surface area contributed by atoms with Gasteiger partial charge in [0.2, 0.25) is 0 Å². The fourth-order valence-electron chi connectivity index (χ4n) is 5.25. The van der Waals surface area contributed by atoms with E-state index < -0.39 is 0 Å². The summed E-state index contributed by atoms with van der Waals surface area (Å²) in [7, 11) is 0. The van der Waals surface area contributed by atoms with Crippen LogP contribution in [0.3, 0.4) is 0 Å². The third-order valence-corrected chi connectivity index (χ3v) is 6.45. The summed E-state index contributed by atoms with van der Waals surface area (Å²) in [5.41, 5.74) is 11.6. The third-order valence-electron chi connectivity index (χ3n) is 6.45. The summed E-state index contributed by atoms with van der Waals surface area (Å²) in [5, 5.41) is 2.79. The molecule has 2 aliphatic carbocycles. The van der Waals surface area contributed by atoms with Gasteiger partial charge in [-0.1, -0.05) is 74.5 Å². The number of fused-ring (bicyclic) bond motifs is 8. The van der Waals surface area contributed by atoms with Crippen molar-refractivity contribution in [2.75, 3.05) is 0 Å². The van der Waals surface area contributed by atoms with E-state index in [1.54, 1.807) is 0 Å². The Bertz CT molecular complexity index is 1220. The van der Waals surface area contributed by atoms with E-state index in [9.17, 15) is 0 Å². The molecule has 0 saturated heterocycles. The molecule has 0 fully saturated rings. The lowest BCUT2D eigenvalue weighted by Crippen LogP contribution is -2.15. The van der Waals surface area contributed by atoms with Crippen molar-refractivity contribution in [1.82, 2.24) is 0 Å². The highest BCUT2D eigenvalue weighted by Crippen LogP contribution is 2.52. The van der Waals surface area contributed by atoms with Gasteiger partial charge in [0.25, 0.3) is 0 Å². The van der Waals surface area contributed by atoms with Gasteiger partial charge in [-0.3, -0.25) is 0 Å². The third kappa shape index (κ3) is 1.65. The van der Waals surface area contributed by atoms with E-state index in [1.165, 1.54) is 55.3 Å². The lowest BCUT2D eigenvalue weighted by atomic mass is 9.80. The van der Waals surface area contributed by atoms with Crippen molar-refractivity contribution in [2.45, 2.75) is 25.7 Å². The Kier molecular flexibility index (Phi) is 2.56. The molecule has 0 N–H and O–H groups in total. The van der Waals surface area contributed by atoms with Crippen molar-refractivity contribution < 1.29 is 0 Å². The van der Waals surface area contributed by atoms with Crippen LogP contribution < -0.4 is 0 Å². The molecule has 0 spiro atoms. The minimum Gasteiger partial charge on any atom is -0.0619 e.